The Labute approximate surface area is 252 Å². The van der Waals surface area contributed by atoms with Crippen molar-refractivity contribution in [2.45, 2.75) is 51.8 Å². The average molecular weight is 620 g/mol. The van der Waals surface area contributed by atoms with Crippen LogP contribution < -0.4 is 10.2 Å². The second-order valence-electron chi connectivity index (χ2n) is 11.9. The monoisotopic (exact) mass is 619 g/mol. The first-order valence-corrected chi connectivity index (χ1v) is 14.4. The molecule has 0 unspecified atom stereocenters. The maximum atomic E-state index is 14.2. The molecule has 15 heteroatoms. The lowest BCUT2D eigenvalue weighted by molar-refractivity contribution is -0.137. The van der Waals surface area contributed by atoms with Gasteiger partial charge in [0.05, 0.1) is 31.5 Å². The van der Waals surface area contributed by atoms with Crippen molar-refractivity contribution in [3.63, 3.8) is 0 Å². The summed E-state index contributed by atoms with van der Waals surface area (Å²) in [4.78, 5) is 36.4. The van der Waals surface area contributed by atoms with Crippen molar-refractivity contribution in [3.8, 4) is 11.4 Å². The van der Waals surface area contributed by atoms with Gasteiger partial charge in [-0.15, -0.1) is 5.10 Å². The largest absolute Gasteiger partial charge is 0.453 e. The Morgan fingerprint density at radius 1 is 1.09 bits per heavy atom. The number of hydrogen-bond donors (Lipinski definition) is 1. The third-order valence-electron chi connectivity index (χ3n) is 7.47. The second kappa shape index (κ2) is 12.5. The number of likely N-dealkylation sites (tertiary alicyclic amines) is 1. The van der Waals surface area contributed by atoms with Crippen molar-refractivity contribution < 1.29 is 37.0 Å². The number of methoxy groups -OCH3 is 1. The van der Waals surface area contributed by atoms with E-state index in [0.29, 0.717) is 63.1 Å². The van der Waals surface area contributed by atoms with Gasteiger partial charge in [0.1, 0.15) is 16.9 Å². The minimum atomic E-state index is -4.78. The molecule has 0 bridgehead atoms. The SMILES string of the molecule is COC(=O)Nc1cc(C(F)(F)F)c(-c2nc(N3CCOCC3)c3cc(CC4CCN(C(=O)OC(C)(C)C)CC4)cn3n2)cn1. The topological polar surface area (TPSA) is 123 Å². The molecule has 44 heavy (non-hydrogen) atoms. The first-order valence-electron chi connectivity index (χ1n) is 14.4. The van der Waals surface area contributed by atoms with E-state index in [1.54, 1.807) is 9.42 Å². The molecule has 0 aromatic carbocycles. The van der Waals surface area contributed by atoms with Gasteiger partial charge in [0.15, 0.2) is 11.6 Å². The summed E-state index contributed by atoms with van der Waals surface area (Å²) in [7, 11) is 1.10. The molecule has 238 valence electrons. The summed E-state index contributed by atoms with van der Waals surface area (Å²) in [5, 5.41) is 6.66. The Balaban J connectivity index is 1.45. The Kier molecular flexibility index (Phi) is 8.86. The normalized spacial score (nSPS) is 16.7. The molecular formula is C29H36F3N7O5. The molecule has 0 spiro atoms. The average Bonchev–Trinajstić information content (AvgIpc) is 3.38. The van der Waals surface area contributed by atoms with E-state index in [0.717, 1.165) is 37.8 Å². The van der Waals surface area contributed by atoms with Gasteiger partial charge >= 0.3 is 18.4 Å². The summed E-state index contributed by atoms with van der Waals surface area (Å²) in [5.74, 6) is 0.329. The third kappa shape index (κ3) is 7.31. The number of hydrogen-bond acceptors (Lipinski definition) is 9. The molecule has 2 saturated heterocycles. The molecule has 0 saturated carbocycles. The van der Waals surface area contributed by atoms with Gasteiger partial charge in [0, 0.05) is 38.6 Å². The number of carbonyl (C=O) groups excluding carboxylic acids is 2. The molecule has 2 fully saturated rings. The Hall–Kier alpha value is -4.14. The first kappa shape index (κ1) is 31.3. The van der Waals surface area contributed by atoms with Gasteiger partial charge in [-0.05, 0) is 63.6 Å². The molecule has 0 aliphatic carbocycles. The molecule has 3 aromatic rings. The maximum absolute atomic E-state index is 14.2. The fraction of sp³-hybridized carbons (Fsp3) is 0.552. The Bertz CT molecular complexity index is 1510. The highest BCUT2D eigenvalue weighted by Gasteiger charge is 2.36. The van der Waals surface area contributed by atoms with Crippen molar-refractivity contribution in [1.82, 2.24) is 24.5 Å². The van der Waals surface area contributed by atoms with Gasteiger partial charge in [-0.2, -0.15) is 13.2 Å². The number of aromatic nitrogens is 4. The van der Waals surface area contributed by atoms with E-state index in [1.165, 1.54) is 0 Å². The zero-order valence-electron chi connectivity index (χ0n) is 25.1. The van der Waals surface area contributed by atoms with Crippen LogP contribution in [-0.4, -0.2) is 88.8 Å². The van der Waals surface area contributed by atoms with Gasteiger partial charge in [0.25, 0.3) is 0 Å². The molecule has 3 aromatic heterocycles. The lowest BCUT2D eigenvalue weighted by Gasteiger charge is -2.33. The summed E-state index contributed by atoms with van der Waals surface area (Å²) in [6.07, 6.45) is -0.910. The predicted molar refractivity (Wildman–Crippen MR) is 155 cm³/mol. The van der Waals surface area contributed by atoms with E-state index in [1.807, 2.05) is 37.9 Å². The van der Waals surface area contributed by atoms with Crippen LogP contribution in [0.5, 0.6) is 0 Å². The molecule has 0 atom stereocenters. The lowest BCUT2D eigenvalue weighted by Crippen LogP contribution is -2.42. The second-order valence-corrected chi connectivity index (χ2v) is 11.9. The number of halogens is 3. The number of nitrogens with one attached hydrogen (secondary N) is 1. The number of ether oxygens (including phenoxy) is 3. The van der Waals surface area contributed by atoms with Gasteiger partial charge in [0.2, 0.25) is 0 Å². The number of anilines is 2. The number of morpholine rings is 1. The Morgan fingerprint density at radius 3 is 2.43 bits per heavy atom. The zero-order valence-corrected chi connectivity index (χ0v) is 25.1. The summed E-state index contributed by atoms with van der Waals surface area (Å²) < 4.78 is 59.7. The highest BCUT2D eigenvalue weighted by molar-refractivity contribution is 5.84. The van der Waals surface area contributed by atoms with Gasteiger partial charge in [-0.25, -0.2) is 24.1 Å². The molecule has 2 aliphatic rings. The summed E-state index contributed by atoms with van der Waals surface area (Å²) in [6, 6.07) is 2.71. The van der Waals surface area contributed by atoms with Crippen LogP contribution in [-0.2, 0) is 26.8 Å². The van der Waals surface area contributed by atoms with Crippen LogP contribution in [0.2, 0.25) is 0 Å². The van der Waals surface area contributed by atoms with Crippen LogP contribution in [0.1, 0.15) is 44.7 Å². The highest BCUT2D eigenvalue weighted by atomic mass is 19.4. The summed E-state index contributed by atoms with van der Waals surface area (Å²) in [5.41, 5.74) is -0.294. The van der Waals surface area contributed by atoms with E-state index < -0.39 is 23.4 Å². The van der Waals surface area contributed by atoms with Gasteiger partial charge in [-0.1, -0.05) is 0 Å². The minimum Gasteiger partial charge on any atom is -0.453 e. The van der Waals surface area contributed by atoms with E-state index in [-0.39, 0.29) is 23.3 Å². The standard InChI is InChI=1S/C29H36F3N7O5/c1-28(2,3)44-27(41)38-7-5-18(6-8-38)13-19-14-22-25(37-9-11-43-12-10-37)35-24(36-39(22)17-19)20-16-33-23(34-26(40)42-4)15-21(20)29(30,31)32/h14-18H,5-13H2,1-4H3,(H,33,34,40). The lowest BCUT2D eigenvalue weighted by atomic mass is 9.91. The van der Waals surface area contributed by atoms with E-state index in [4.69, 9.17) is 9.47 Å². The quantitative estimate of drug-likeness (QED) is 0.420. The van der Waals surface area contributed by atoms with Crippen molar-refractivity contribution in [1.29, 1.82) is 0 Å². The van der Waals surface area contributed by atoms with Gasteiger partial charge in [-0.3, -0.25) is 5.32 Å². The van der Waals surface area contributed by atoms with E-state index in [2.05, 4.69) is 25.1 Å². The number of fused-ring (bicyclic) bond motifs is 1. The maximum Gasteiger partial charge on any atom is 0.417 e. The van der Waals surface area contributed by atoms with Crippen LogP contribution in [0.4, 0.5) is 34.4 Å². The zero-order chi connectivity index (χ0) is 31.6. The molecule has 2 amide bonds. The van der Waals surface area contributed by atoms with Gasteiger partial charge < -0.3 is 24.0 Å². The van der Waals surface area contributed by atoms with Crippen LogP contribution in [0.3, 0.4) is 0 Å². The third-order valence-corrected chi connectivity index (χ3v) is 7.47. The Morgan fingerprint density at radius 2 is 1.80 bits per heavy atom. The van der Waals surface area contributed by atoms with Crippen LogP contribution in [0.25, 0.3) is 16.9 Å². The van der Waals surface area contributed by atoms with Crippen molar-refractivity contribution in [2.24, 2.45) is 5.92 Å². The van der Waals surface area contributed by atoms with Crippen LogP contribution in [0.15, 0.2) is 24.5 Å². The number of pyridine rings is 1. The molecular weight excluding hydrogens is 583 g/mol. The fourth-order valence-electron chi connectivity index (χ4n) is 5.34. The number of carbonyl (C=O) groups is 2. The number of rotatable bonds is 5. The van der Waals surface area contributed by atoms with Crippen molar-refractivity contribution >= 4 is 29.3 Å². The molecule has 0 radical (unpaired) electrons. The predicted octanol–water partition coefficient (Wildman–Crippen LogP) is 5.01. The van der Waals surface area contributed by atoms with E-state index >= 15 is 0 Å². The van der Waals surface area contributed by atoms with Crippen molar-refractivity contribution in [3.05, 3.63) is 35.7 Å². The highest BCUT2D eigenvalue weighted by Crippen LogP contribution is 2.38. The summed E-state index contributed by atoms with van der Waals surface area (Å²) in [6.45, 7) is 8.64. The number of piperidine rings is 1. The molecule has 2 aliphatic heterocycles. The van der Waals surface area contributed by atoms with Crippen LogP contribution >= 0.6 is 0 Å². The summed E-state index contributed by atoms with van der Waals surface area (Å²) >= 11 is 0. The number of alkyl halides is 3. The minimum absolute atomic E-state index is 0.156. The van der Waals surface area contributed by atoms with E-state index in [9.17, 15) is 22.8 Å². The number of amides is 2. The molecule has 12 nitrogen and oxygen atoms in total. The molecule has 5 heterocycles. The first-order chi connectivity index (χ1) is 20.8. The number of nitrogens with zero attached hydrogens (tertiary/aromatic N) is 6. The fourth-order valence-corrected chi connectivity index (χ4v) is 5.34. The van der Waals surface area contributed by atoms with Crippen LogP contribution in [0, 0.1) is 5.92 Å². The van der Waals surface area contributed by atoms with Crippen molar-refractivity contribution in [2.75, 3.05) is 56.7 Å². The molecule has 1 N–H and O–H groups in total. The smallest absolute Gasteiger partial charge is 0.417 e. The molecule has 5 rings (SSSR count).